The number of benzene rings is 1. The topological polar surface area (TPSA) is 48.0 Å². The molecule has 0 saturated carbocycles. The van der Waals surface area contributed by atoms with Crippen molar-refractivity contribution in [3.05, 3.63) is 36.4 Å². The summed E-state index contributed by atoms with van der Waals surface area (Å²) in [5.74, 6) is 1.11. The summed E-state index contributed by atoms with van der Waals surface area (Å²) in [7, 11) is 8.82. The van der Waals surface area contributed by atoms with E-state index in [0.29, 0.717) is 17.4 Å². The molecule has 0 aromatic heterocycles. The third-order valence-corrected chi connectivity index (χ3v) is 4.18. The first-order valence-corrected chi connectivity index (χ1v) is 8.00. The van der Waals surface area contributed by atoms with Crippen LogP contribution in [0.3, 0.4) is 0 Å². The number of carbonyl (C=O) groups excluding carboxylic acids is 1. The Morgan fingerprint density at radius 1 is 1.42 bits per heavy atom. The van der Waals surface area contributed by atoms with Gasteiger partial charge in [-0.25, -0.2) is 0 Å². The molecule has 1 fully saturated rings. The quantitative estimate of drug-likeness (QED) is 0.593. The number of rotatable bonds is 6. The maximum Gasteiger partial charge on any atom is 0.200 e. The van der Waals surface area contributed by atoms with Crippen molar-refractivity contribution >= 4 is 13.7 Å². The Morgan fingerprint density at radius 3 is 2.62 bits per heavy atom. The van der Waals surface area contributed by atoms with Crippen molar-refractivity contribution in [1.82, 2.24) is 4.90 Å². The first kappa shape index (κ1) is 18.4. The van der Waals surface area contributed by atoms with E-state index in [4.69, 9.17) is 22.1 Å². The molecule has 1 amide bonds. The number of hydrogen-bond donors (Lipinski definition) is 0. The summed E-state index contributed by atoms with van der Waals surface area (Å²) < 4.78 is 16.8. The van der Waals surface area contributed by atoms with Crippen LogP contribution in [0.1, 0.15) is 32.1 Å². The van der Waals surface area contributed by atoms with Crippen molar-refractivity contribution < 1.29 is 19.0 Å². The van der Waals surface area contributed by atoms with Gasteiger partial charge >= 0.3 is 0 Å². The summed E-state index contributed by atoms with van der Waals surface area (Å²) in [4.78, 5) is 13.7. The Labute approximate surface area is 145 Å². The molecule has 1 aromatic rings. The summed E-state index contributed by atoms with van der Waals surface area (Å²) in [6, 6.07) is 5.24. The van der Waals surface area contributed by atoms with Crippen molar-refractivity contribution in [1.29, 1.82) is 0 Å². The predicted octanol–water partition coefficient (Wildman–Crippen LogP) is 3.29. The average Bonchev–Trinajstić information content (AvgIpc) is 2.91. The van der Waals surface area contributed by atoms with E-state index in [2.05, 4.69) is 20.4 Å². The van der Waals surface area contributed by atoms with Crippen LogP contribution in [0.2, 0.25) is 0 Å². The summed E-state index contributed by atoms with van der Waals surface area (Å²) in [6.07, 6.45) is 1.60. The lowest BCUT2D eigenvalue weighted by Crippen LogP contribution is -2.40. The largest absolute Gasteiger partial charge is 0.497 e. The van der Waals surface area contributed by atoms with E-state index in [1.165, 1.54) is 0 Å². The van der Waals surface area contributed by atoms with Crippen molar-refractivity contribution in [2.75, 3.05) is 14.2 Å². The van der Waals surface area contributed by atoms with Crippen LogP contribution >= 0.6 is 0 Å². The molecule has 3 atom stereocenters. The first-order valence-electron chi connectivity index (χ1n) is 8.00. The van der Waals surface area contributed by atoms with Gasteiger partial charge in [-0.3, -0.25) is 4.79 Å². The molecular formula is C18H24BNO4. The Balaban J connectivity index is 2.44. The van der Waals surface area contributed by atoms with Crippen molar-refractivity contribution in [2.45, 2.75) is 38.6 Å². The van der Waals surface area contributed by atoms with Crippen LogP contribution in [0, 0.1) is 5.92 Å². The zero-order valence-electron chi connectivity index (χ0n) is 14.7. The lowest BCUT2D eigenvalue weighted by Gasteiger charge is -2.30. The third-order valence-electron chi connectivity index (χ3n) is 4.18. The maximum atomic E-state index is 12.1. The number of amides is 1. The molecule has 128 valence electrons. The van der Waals surface area contributed by atoms with E-state index < -0.39 is 12.0 Å². The van der Waals surface area contributed by atoms with Gasteiger partial charge in [0.25, 0.3) is 0 Å². The monoisotopic (exact) mass is 329 g/mol. The molecule has 2 unspecified atom stereocenters. The second kappa shape index (κ2) is 7.75. The summed E-state index contributed by atoms with van der Waals surface area (Å²) in [5.41, 5.74) is 0.732. The number of methoxy groups -OCH3 is 2. The molecule has 0 aliphatic carbocycles. The van der Waals surface area contributed by atoms with Gasteiger partial charge in [-0.15, -0.1) is 6.58 Å². The highest BCUT2D eigenvalue weighted by molar-refractivity contribution is 6.57. The van der Waals surface area contributed by atoms with E-state index in [9.17, 15) is 4.79 Å². The molecule has 0 bridgehead atoms. The van der Waals surface area contributed by atoms with E-state index in [-0.39, 0.29) is 12.1 Å². The highest BCUT2D eigenvalue weighted by atomic mass is 16.5. The molecule has 1 saturated heterocycles. The van der Waals surface area contributed by atoms with Gasteiger partial charge in [0.15, 0.2) is 12.0 Å². The molecule has 0 spiro atoms. The van der Waals surface area contributed by atoms with Gasteiger partial charge in [0.1, 0.15) is 11.5 Å². The minimum atomic E-state index is -0.616. The number of hydrogen-bond acceptors (Lipinski definition) is 4. The molecule has 24 heavy (non-hydrogen) atoms. The smallest absolute Gasteiger partial charge is 0.200 e. The molecule has 6 heteroatoms. The Hall–Kier alpha value is -1.95. The molecular weight excluding hydrogens is 305 g/mol. The van der Waals surface area contributed by atoms with Gasteiger partial charge in [0, 0.05) is 11.6 Å². The summed E-state index contributed by atoms with van der Waals surface area (Å²) >= 11 is 0. The van der Waals surface area contributed by atoms with Crippen molar-refractivity contribution in [3.63, 3.8) is 0 Å². The zero-order valence-corrected chi connectivity index (χ0v) is 14.7. The van der Waals surface area contributed by atoms with Crippen molar-refractivity contribution in [3.8, 4) is 11.5 Å². The number of nitrogens with zero attached hydrogens (tertiary/aromatic N) is 1. The molecule has 5 nitrogen and oxygen atoms in total. The van der Waals surface area contributed by atoms with Gasteiger partial charge in [0.05, 0.1) is 26.4 Å². The van der Waals surface area contributed by atoms with Crippen LogP contribution in [0.5, 0.6) is 11.5 Å². The van der Waals surface area contributed by atoms with Gasteiger partial charge in [0.2, 0.25) is 7.85 Å². The van der Waals surface area contributed by atoms with Crippen LogP contribution < -0.4 is 9.47 Å². The second-order valence-electron chi connectivity index (χ2n) is 6.24. The molecule has 1 heterocycles. The SMILES string of the molecule is [B]C(=O)N1C(c2ccc(OC)cc2OC)O[C@@H](C=C)C1CC(C)C. The molecule has 2 radical (unpaired) electrons. The Bertz CT molecular complexity index is 605. The summed E-state index contributed by atoms with van der Waals surface area (Å²) in [5, 5.41) is 0. The normalized spacial score (nSPS) is 23.4. The lowest BCUT2D eigenvalue weighted by molar-refractivity contribution is 0.0289. The molecule has 1 aromatic carbocycles. The van der Waals surface area contributed by atoms with Crippen LogP contribution in [0.4, 0.5) is 4.79 Å². The van der Waals surface area contributed by atoms with Crippen molar-refractivity contribution in [2.24, 2.45) is 5.92 Å². The molecule has 2 rings (SSSR count). The minimum absolute atomic E-state index is 0.156. The van der Waals surface area contributed by atoms with Gasteiger partial charge in [-0.05, 0) is 24.5 Å². The average molecular weight is 329 g/mol. The fourth-order valence-electron chi connectivity index (χ4n) is 3.11. The zero-order chi connectivity index (χ0) is 17.9. The van der Waals surface area contributed by atoms with Crippen LogP contribution in [-0.4, -0.2) is 44.9 Å². The molecule has 0 N–H and O–H groups in total. The van der Waals surface area contributed by atoms with Crippen LogP contribution in [0.15, 0.2) is 30.9 Å². The highest BCUT2D eigenvalue weighted by Crippen LogP contribution is 2.42. The molecule has 1 aliphatic heterocycles. The van der Waals surface area contributed by atoms with Gasteiger partial charge in [-0.2, -0.15) is 0 Å². The number of ether oxygens (including phenoxy) is 3. The van der Waals surface area contributed by atoms with Crippen LogP contribution in [-0.2, 0) is 4.74 Å². The summed E-state index contributed by atoms with van der Waals surface area (Å²) in [6.45, 7) is 8.03. The Kier molecular flexibility index (Phi) is 5.94. The van der Waals surface area contributed by atoms with Gasteiger partial charge < -0.3 is 19.1 Å². The van der Waals surface area contributed by atoms with Gasteiger partial charge in [-0.1, -0.05) is 19.9 Å². The highest BCUT2D eigenvalue weighted by Gasteiger charge is 2.43. The van der Waals surface area contributed by atoms with E-state index in [1.54, 1.807) is 37.3 Å². The minimum Gasteiger partial charge on any atom is -0.497 e. The standard InChI is InChI=1S/C18H24BNO4/c1-6-15-14(9-11(2)3)20(18(19)21)17(24-15)13-8-7-12(22-4)10-16(13)23-5/h6-8,10-11,14-15,17H,1,9H2,2-5H3/t14?,15-,17?/m0/s1. The maximum absolute atomic E-state index is 12.1. The Morgan fingerprint density at radius 2 is 2.12 bits per heavy atom. The second-order valence-corrected chi connectivity index (χ2v) is 6.24. The fraction of sp³-hybridized carbons (Fsp3) is 0.500. The first-order chi connectivity index (χ1) is 11.4. The van der Waals surface area contributed by atoms with E-state index in [1.807, 2.05) is 6.07 Å². The number of carbonyl (C=O) groups is 1. The fourth-order valence-corrected chi connectivity index (χ4v) is 3.11. The van der Waals surface area contributed by atoms with Crippen LogP contribution in [0.25, 0.3) is 0 Å². The molecule has 1 aliphatic rings. The lowest BCUT2D eigenvalue weighted by atomic mass is 9.95. The predicted molar refractivity (Wildman–Crippen MR) is 93.6 cm³/mol. The van der Waals surface area contributed by atoms with E-state index in [0.717, 1.165) is 12.0 Å². The van der Waals surface area contributed by atoms with E-state index >= 15 is 0 Å². The third kappa shape index (κ3) is 3.59.